The Morgan fingerprint density at radius 1 is 0.872 bits per heavy atom. The molecule has 2 saturated carbocycles. The van der Waals surface area contributed by atoms with Crippen LogP contribution in [0.25, 0.3) is 0 Å². The summed E-state index contributed by atoms with van der Waals surface area (Å²) in [5.41, 5.74) is 0. The van der Waals surface area contributed by atoms with Gasteiger partial charge in [0.1, 0.15) is 48.8 Å². The molecule has 4 aliphatic rings. The third kappa shape index (κ3) is 9.41. The maximum Gasteiger partial charge on any atom is 0.251 e. The lowest BCUT2D eigenvalue weighted by molar-refractivity contribution is -0.337. The molecule has 14 heteroatoms. The zero-order valence-corrected chi connectivity index (χ0v) is 28.5. The molecule has 47 heavy (non-hydrogen) atoms. The molecule has 0 spiro atoms. The van der Waals surface area contributed by atoms with Gasteiger partial charge in [-0.25, -0.2) is 0 Å². The second-order valence-electron chi connectivity index (χ2n) is 14.1. The number of nitrogens with one attached hydrogen (secondary N) is 1. The van der Waals surface area contributed by atoms with Crippen molar-refractivity contribution in [2.45, 2.75) is 165 Å². The molecule has 272 valence electrons. The van der Waals surface area contributed by atoms with Crippen LogP contribution >= 0.6 is 0 Å². The Morgan fingerprint density at radius 2 is 1.57 bits per heavy atom. The third-order valence-electron chi connectivity index (χ3n) is 10.4. The molecule has 2 amide bonds. The molecule has 2 aliphatic heterocycles. The van der Waals surface area contributed by atoms with Crippen LogP contribution in [-0.2, 0) is 33.3 Å². The van der Waals surface area contributed by atoms with Crippen molar-refractivity contribution < 1.29 is 58.8 Å². The lowest BCUT2D eigenvalue weighted by atomic mass is 9.82. The zero-order valence-electron chi connectivity index (χ0n) is 28.5. The predicted molar refractivity (Wildman–Crippen MR) is 168 cm³/mol. The van der Waals surface area contributed by atoms with Crippen molar-refractivity contribution in [2.24, 2.45) is 11.8 Å². The van der Waals surface area contributed by atoms with Crippen LogP contribution in [0.1, 0.15) is 85.0 Å². The monoisotopic (exact) mass is 674 g/mol. The lowest BCUT2D eigenvalue weighted by Gasteiger charge is -2.48. The van der Waals surface area contributed by atoms with Crippen LogP contribution in [0.15, 0.2) is 0 Å². The van der Waals surface area contributed by atoms with E-state index in [4.69, 9.17) is 23.7 Å². The number of likely N-dealkylation sites (N-methyl/N-ethyl adjacent to an activating group) is 1. The number of carbonyl (C=O) groups excluding carboxylic acids is 2. The Balaban J connectivity index is 1.60. The quantitative estimate of drug-likeness (QED) is 0.165. The standard InChI is InChI=1S/C33H58N2O12/c1-6-20-13-10-14-21(29(20)47-33-28(41)27(40)25(38)17(2)43-33)45-32-24(34-18(3)37)30(26(39)23(16-36)46-32)44-22(31(42)35(4)5)15-19-11-8-7-9-12-19/h17,19-30,32-33,36,38-41H,6-16H2,1-5H3,(H,34,37)/t17-,20?,21+,22-,23-,24?,25-,26-,27?,28-,29+,30?,32+,33?/m0/s1. The highest BCUT2D eigenvalue weighted by molar-refractivity contribution is 5.80. The van der Waals surface area contributed by atoms with Gasteiger partial charge in [0, 0.05) is 21.0 Å². The van der Waals surface area contributed by atoms with E-state index in [1.54, 1.807) is 21.0 Å². The first kappa shape index (κ1) is 38.3. The van der Waals surface area contributed by atoms with Gasteiger partial charge in [0.15, 0.2) is 12.6 Å². The highest BCUT2D eigenvalue weighted by Crippen LogP contribution is 2.37. The summed E-state index contributed by atoms with van der Waals surface area (Å²) >= 11 is 0. The van der Waals surface area contributed by atoms with E-state index >= 15 is 0 Å². The third-order valence-corrected chi connectivity index (χ3v) is 10.4. The second kappa shape index (κ2) is 17.5. The maximum absolute atomic E-state index is 13.4. The van der Waals surface area contributed by atoms with Crippen molar-refractivity contribution in [2.75, 3.05) is 20.7 Å². The summed E-state index contributed by atoms with van der Waals surface area (Å²) in [6.45, 7) is 4.35. The molecule has 14 atom stereocenters. The fourth-order valence-electron chi connectivity index (χ4n) is 7.60. The SMILES string of the molecule is CCC1CCC[C@@H](O[C@@H]2O[C@@H](CO)[C@H](O)C(O[C@@H](CC3CCCCC3)C(=O)N(C)C)C2NC(C)=O)[C@@H]1OC1O[C@@H](C)[C@H](O)C(O)[C@@H]1O. The molecule has 0 aromatic rings. The second-order valence-corrected chi connectivity index (χ2v) is 14.1. The van der Waals surface area contributed by atoms with Gasteiger partial charge in [0.2, 0.25) is 5.91 Å². The average molecular weight is 675 g/mol. The molecule has 0 aromatic carbocycles. The predicted octanol–water partition coefficient (Wildman–Crippen LogP) is 0.190. The van der Waals surface area contributed by atoms with E-state index < -0.39 is 92.2 Å². The van der Waals surface area contributed by atoms with Gasteiger partial charge in [-0.2, -0.15) is 0 Å². The molecule has 2 aliphatic carbocycles. The van der Waals surface area contributed by atoms with Crippen LogP contribution < -0.4 is 5.32 Å². The van der Waals surface area contributed by atoms with Crippen LogP contribution in [0.4, 0.5) is 0 Å². The minimum Gasteiger partial charge on any atom is -0.394 e. The Kier molecular flexibility index (Phi) is 14.2. The van der Waals surface area contributed by atoms with Crippen molar-refractivity contribution in [1.82, 2.24) is 10.2 Å². The number of hydrogen-bond acceptors (Lipinski definition) is 12. The van der Waals surface area contributed by atoms with Gasteiger partial charge in [-0.05, 0) is 38.0 Å². The smallest absolute Gasteiger partial charge is 0.251 e. The lowest BCUT2D eigenvalue weighted by Crippen LogP contribution is -2.67. The molecule has 2 saturated heterocycles. The number of aliphatic hydroxyl groups excluding tert-OH is 5. The molecule has 0 radical (unpaired) electrons. The summed E-state index contributed by atoms with van der Waals surface area (Å²) in [7, 11) is 3.29. The summed E-state index contributed by atoms with van der Waals surface area (Å²) in [5.74, 6) is -0.426. The summed E-state index contributed by atoms with van der Waals surface area (Å²) < 4.78 is 31.2. The highest BCUT2D eigenvalue weighted by atomic mass is 16.7. The summed E-state index contributed by atoms with van der Waals surface area (Å²) in [6, 6.07) is -1.05. The van der Waals surface area contributed by atoms with Gasteiger partial charge in [-0.1, -0.05) is 51.9 Å². The minimum absolute atomic E-state index is 0.0180. The van der Waals surface area contributed by atoms with Crippen LogP contribution in [0, 0.1) is 11.8 Å². The minimum atomic E-state index is -1.50. The first-order valence-electron chi connectivity index (χ1n) is 17.4. The van der Waals surface area contributed by atoms with E-state index in [2.05, 4.69) is 5.32 Å². The Labute approximate surface area is 278 Å². The fourth-order valence-corrected chi connectivity index (χ4v) is 7.60. The zero-order chi connectivity index (χ0) is 34.4. The molecular formula is C33H58N2O12. The molecule has 0 aromatic heterocycles. The Morgan fingerprint density at radius 3 is 2.19 bits per heavy atom. The molecule has 14 nitrogen and oxygen atoms in total. The van der Waals surface area contributed by atoms with Crippen LogP contribution in [0.2, 0.25) is 0 Å². The van der Waals surface area contributed by atoms with E-state index in [-0.39, 0.29) is 17.7 Å². The number of amides is 2. The Hall–Kier alpha value is -1.46. The molecule has 0 bridgehead atoms. The summed E-state index contributed by atoms with van der Waals surface area (Å²) in [6.07, 6.45) is -4.73. The van der Waals surface area contributed by atoms with Crippen LogP contribution in [0.5, 0.6) is 0 Å². The van der Waals surface area contributed by atoms with Gasteiger partial charge in [-0.3, -0.25) is 9.59 Å². The number of rotatable bonds is 12. The number of carbonyl (C=O) groups is 2. The number of ether oxygens (including phenoxy) is 5. The highest BCUT2D eigenvalue weighted by Gasteiger charge is 2.51. The largest absolute Gasteiger partial charge is 0.394 e. The summed E-state index contributed by atoms with van der Waals surface area (Å²) in [4.78, 5) is 27.4. The van der Waals surface area contributed by atoms with Crippen molar-refractivity contribution in [3.63, 3.8) is 0 Å². The van der Waals surface area contributed by atoms with Crippen molar-refractivity contribution >= 4 is 11.8 Å². The molecule has 4 rings (SSSR count). The molecule has 2 heterocycles. The van der Waals surface area contributed by atoms with Gasteiger partial charge >= 0.3 is 0 Å². The van der Waals surface area contributed by atoms with Crippen LogP contribution in [-0.4, -0.2) is 143 Å². The molecule has 5 unspecified atom stereocenters. The van der Waals surface area contributed by atoms with Crippen LogP contribution in [0.3, 0.4) is 0 Å². The van der Waals surface area contributed by atoms with Gasteiger partial charge in [0.05, 0.1) is 24.9 Å². The van der Waals surface area contributed by atoms with Crippen molar-refractivity contribution in [3.8, 4) is 0 Å². The maximum atomic E-state index is 13.4. The number of hydrogen-bond donors (Lipinski definition) is 6. The Bertz CT molecular complexity index is 999. The van der Waals surface area contributed by atoms with Crippen molar-refractivity contribution in [3.05, 3.63) is 0 Å². The summed E-state index contributed by atoms with van der Waals surface area (Å²) in [5, 5.41) is 55.8. The van der Waals surface area contributed by atoms with E-state index in [9.17, 15) is 35.1 Å². The first-order valence-corrected chi connectivity index (χ1v) is 17.4. The van der Waals surface area contributed by atoms with E-state index in [1.807, 2.05) is 6.92 Å². The molecule has 6 N–H and O–H groups in total. The number of nitrogens with zero attached hydrogens (tertiary/aromatic N) is 1. The van der Waals surface area contributed by atoms with E-state index in [1.165, 1.54) is 11.8 Å². The number of aliphatic hydroxyl groups is 5. The molecule has 4 fully saturated rings. The van der Waals surface area contributed by atoms with E-state index in [0.29, 0.717) is 19.3 Å². The van der Waals surface area contributed by atoms with E-state index in [0.717, 1.165) is 44.9 Å². The molecular weight excluding hydrogens is 616 g/mol. The first-order chi connectivity index (χ1) is 22.4. The van der Waals surface area contributed by atoms with Gasteiger partial charge in [-0.15, -0.1) is 0 Å². The van der Waals surface area contributed by atoms with Gasteiger partial charge < -0.3 is 59.4 Å². The fraction of sp³-hybridized carbons (Fsp3) is 0.939. The normalized spacial score (nSPS) is 40.9. The average Bonchev–Trinajstić information content (AvgIpc) is 3.05. The van der Waals surface area contributed by atoms with Gasteiger partial charge in [0.25, 0.3) is 5.91 Å². The topological polar surface area (TPSA) is 197 Å². The van der Waals surface area contributed by atoms with Crippen molar-refractivity contribution in [1.29, 1.82) is 0 Å².